The van der Waals surface area contributed by atoms with Gasteiger partial charge in [-0.3, -0.25) is 4.79 Å². The van der Waals surface area contributed by atoms with Gasteiger partial charge in [0.2, 0.25) is 0 Å². The lowest BCUT2D eigenvalue weighted by molar-refractivity contribution is -0.137. The van der Waals surface area contributed by atoms with Crippen LogP contribution < -0.4 is 10.1 Å². The van der Waals surface area contributed by atoms with Crippen LogP contribution in [0.15, 0.2) is 24.3 Å². The molecule has 0 heterocycles. The zero-order valence-electron chi connectivity index (χ0n) is 10.3. The quantitative estimate of drug-likeness (QED) is 0.762. The SMILES string of the molecule is CC[C@@H](CC(=O)O)NCc1ccc(OC)cc1. The van der Waals surface area contributed by atoms with Crippen molar-refractivity contribution < 1.29 is 14.6 Å². The van der Waals surface area contributed by atoms with Crippen LogP contribution in [0, 0.1) is 0 Å². The van der Waals surface area contributed by atoms with Gasteiger partial charge in [-0.1, -0.05) is 19.1 Å². The number of nitrogens with one attached hydrogen (secondary N) is 1. The number of ether oxygens (including phenoxy) is 1. The number of carboxylic acid groups (broad SMARTS) is 1. The average molecular weight is 237 g/mol. The molecule has 1 atom stereocenters. The van der Waals surface area contributed by atoms with Gasteiger partial charge in [0.1, 0.15) is 5.75 Å². The summed E-state index contributed by atoms with van der Waals surface area (Å²) in [6.45, 7) is 2.66. The first-order valence-corrected chi connectivity index (χ1v) is 5.73. The monoisotopic (exact) mass is 237 g/mol. The van der Waals surface area contributed by atoms with E-state index in [4.69, 9.17) is 9.84 Å². The Kier molecular flexibility index (Phi) is 5.49. The van der Waals surface area contributed by atoms with Gasteiger partial charge in [-0.25, -0.2) is 0 Å². The van der Waals surface area contributed by atoms with Crippen molar-refractivity contribution in [1.82, 2.24) is 5.32 Å². The van der Waals surface area contributed by atoms with Gasteiger partial charge in [0.25, 0.3) is 0 Å². The topological polar surface area (TPSA) is 58.6 Å². The molecule has 0 aliphatic carbocycles. The normalized spacial score (nSPS) is 12.1. The zero-order chi connectivity index (χ0) is 12.7. The predicted octanol–water partition coefficient (Wildman–Crippen LogP) is 2.04. The smallest absolute Gasteiger partial charge is 0.304 e. The van der Waals surface area contributed by atoms with E-state index in [1.165, 1.54) is 0 Å². The molecule has 94 valence electrons. The molecule has 0 saturated carbocycles. The van der Waals surface area contributed by atoms with Crippen molar-refractivity contribution in [2.45, 2.75) is 32.4 Å². The summed E-state index contributed by atoms with van der Waals surface area (Å²) in [5.74, 6) is 0.0606. The van der Waals surface area contributed by atoms with E-state index >= 15 is 0 Å². The van der Waals surface area contributed by atoms with Crippen LogP contribution in [0.2, 0.25) is 0 Å². The molecule has 0 aliphatic rings. The molecule has 0 fully saturated rings. The maximum Gasteiger partial charge on any atom is 0.304 e. The lowest BCUT2D eigenvalue weighted by atomic mass is 10.1. The number of hydrogen-bond donors (Lipinski definition) is 2. The van der Waals surface area contributed by atoms with E-state index in [1.54, 1.807) is 7.11 Å². The molecule has 4 heteroatoms. The standard InChI is InChI=1S/C13H19NO3/c1-3-11(8-13(15)16)14-9-10-4-6-12(17-2)7-5-10/h4-7,11,14H,3,8-9H2,1-2H3,(H,15,16)/t11-/m0/s1. The number of hydrogen-bond acceptors (Lipinski definition) is 3. The molecule has 0 amide bonds. The lowest BCUT2D eigenvalue weighted by Gasteiger charge is -2.14. The van der Waals surface area contributed by atoms with Crippen LogP contribution in [0.25, 0.3) is 0 Å². The van der Waals surface area contributed by atoms with E-state index in [0.717, 1.165) is 17.7 Å². The maximum atomic E-state index is 10.6. The Balaban J connectivity index is 2.44. The van der Waals surface area contributed by atoms with Crippen molar-refractivity contribution >= 4 is 5.97 Å². The third-order valence-corrected chi connectivity index (χ3v) is 2.67. The Hall–Kier alpha value is -1.55. The molecule has 1 aromatic carbocycles. The first kappa shape index (κ1) is 13.5. The summed E-state index contributed by atoms with van der Waals surface area (Å²) < 4.78 is 5.07. The third-order valence-electron chi connectivity index (χ3n) is 2.67. The van der Waals surface area contributed by atoms with Crippen LogP contribution in [0.3, 0.4) is 0 Å². The van der Waals surface area contributed by atoms with Gasteiger partial charge in [-0.15, -0.1) is 0 Å². The molecule has 0 aliphatic heterocycles. The van der Waals surface area contributed by atoms with E-state index in [1.807, 2.05) is 31.2 Å². The van der Waals surface area contributed by atoms with Gasteiger partial charge >= 0.3 is 5.97 Å². The second-order valence-electron chi connectivity index (χ2n) is 3.93. The van der Waals surface area contributed by atoms with Gasteiger partial charge in [-0.05, 0) is 24.1 Å². The highest BCUT2D eigenvalue weighted by Gasteiger charge is 2.09. The molecule has 0 radical (unpaired) electrons. The molecular weight excluding hydrogens is 218 g/mol. The van der Waals surface area contributed by atoms with Crippen LogP contribution in [-0.4, -0.2) is 24.2 Å². The summed E-state index contributed by atoms with van der Waals surface area (Å²) >= 11 is 0. The molecule has 1 rings (SSSR count). The van der Waals surface area contributed by atoms with Crippen LogP contribution in [0.5, 0.6) is 5.75 Å². The van der Waals surface area contributed by atoms with E-state index in [-0.39, 0.29) is 12.5 Å². The summed E-state index contributed by atoms with van der Waals surface area (Å²) in [6.07, 6.45) is 0.967. The Morgan fingerprint density at radius 2 is 2.06 bits per heavy atom. The fourth-order valence-corrected chi connectivity index (χ4v) is 1.58. The van der Waals surface area contributed by atoms with Gasteiger partial charge in [0.05, 0.1) is 13.5 Å². The molecule has 0 spiro atoms. The van der Waals surface area contributed by atoms with Gasteiger partial charge in [-0.2, -0.15) is 0 Å². The number of benzene rings is 1. The zero-order valence-corrected chi connectivity index (χ0v) is 10.3. The number of aliphatic carboxylic acids is 1. The van der Waals surface area contributed by atoms with Crippen molar-refractivity contribution in [2.24, 2.45) is 0 Å². The molecule has 1 aromatic rings. The van der Waals surface area contributed by atoms with Crippen LogP contribution in [0.1, 0.15) is 25.3 Å². The summed E-state index contributed by atoms with van der Waals surface area (Å²) in [4.78, 5) is 10.6. The number of rotatable bonds is 7. The lowest BCUT2D eigenvalue weighted by Crippen LogP contribution is -2.30. The minimum atomic E-state index is -0.765. The largest absolute Gasteiger partial charge is 0.497 e. The predicted molar refractivity (Wildman–Crippen MR) is 66.2 cm³/mol. The fraction of sp³-hybridized carbons (Fsp3) is 0.462. The molecule has 4 nitrogen and oxygen atoms in total. The number of carbonyl (C=O) groups is 1. The van der Waals surface area contributed by atoms with Crippen molar-refractivity contribution in [3.63, 3.8) is 0 Å². The molecule has 0 saturated heterocycles. The van der Waals surface area contributed by atoms with Crippen molar-refractivity contribution in [3.05, 3.63) is 29.8 Å². The Morgan fingerprint density at radius 3 is 2.53 bits per heavy atom. The van der Waals surface area contributed by atoms with E-state index < -0.39 is 5.97 Å². The molecule has 17 heavy (non-hydrogen) atoms. The molecule has 0 bridgehead atoms. The Bertz CT molecular complexity index is 348. The van der Waals surface area contributed by atoms with Crippen LogP contribution >= 0.6 is 0 Å². The minimum Gasteiger partial charge on any atom is -0.497 e. The van der Waals surface area contributed by atoms with Gasteiger partial charge < -0.3 is 15.2 Å². The van der Waals surface area contributed by atoms with Crippen LogP contribution in [-0.2, 0) is 11.3 Å². The molecule has 0 aromatic heterocycles. The second kappa shape index (κ2) is 6.91. The first-order chi connectivity index (χ1) is 8.15. The van der Waals surface area contributed by atoms with Gasteiger partial charge in [0, 0.05) is 12.6 Å². The van der Waals surface area contributed by atoms with Crippen molar-refractivity contribution in [2.75, 3.05) is 7.11 Å². The number of carboxylic acids is 1. The summed E-state index contributed by atoms with van der Waals surface area (Å²) in [5.41, 5.74) is 1.12. The van der Waals surface area contributed by atoms with E-state index in [0.29, 0.717) is 6.54 Å². The molecular formula is C13H19NO3. The summed E-state index contributed by atoms with van der Waals surface area (Å²) in [6, 6.07) is 7.76. The second-order valence-corrected chi connectivity index (χ2v) is 3.93. The maximum absolute atomic E-state index is 10.6. The minimum absolute atomic E-state index is 0.0228. The number of methoxy groups -OCH3 is 1. The van der Waals surface area contributed by atoms with Crippen molar-refractivity contribution in [3.8, 4) is 5.75 Å². The average Bonchev–Trinajstić information content (AvgIpc) is 2.34. The fourth-order valence-electron chi connectivity index (χ4n) is 1.58. The first-order valence-electron chi connectivity index (χ1n) is 5.73. The highest BCUT2D eigenvalue weighted by atomic mass is 16.5. The Labute approximate surface area is 102 Å². The third kappa shape index (κ3) is 4.87. The highest BCUT2D eigenvalue weighted by molar-refractivity contribution is 5.67. The molecule has 2 N–H and O–H groups in total. The molecule has 0 unspecified atom stereocenters. The van der Waals surface area contributed by atoms with E-state index in [9.17, 15) is 4.79 Å². The van der Waals surface area contributed by atoms with Crippen LogP contribution in [0.4, 0.5) is 0 Å². The highest BCUT2D eigenvalue weighted by Crippen LogP contribution is 2.11. The summed E-state index contributed by atoms with van der Waals surface area (Å²) in [7, 11) is 1.63. The van der Waals surface area contributed by atoms with E-state index in [2.05, 4.69) is 5.32 Å². The Morgan fingerprint density at radius 1 is 1.41 bits per heavy atom. The summed E-state index contributed by atoms with van der Waals surface area (Å²) in [5, 5.41) is 12.0. The van der Waals surface area contributed by atoms with Crippen molar-refractivity contribution in [1.29, 1.82) is 0 Å². The van der Waals surface area contributed by atoms with Gasteiger partial charge in [0.15, 0.2) is 0 Å².